The molecule has 0 spiro atoms. The highest BCUT2D eigenvalue weighted by Crippen LogP contribution is 2.15. The lowest BCUT2D eigenvalue weighted by Gasteiger charge is -2.37. The molecular weight excluding hydrogens is 320 g/mol. The summed E-state index contributed by atoms with van der Waals surface area (Å²) in [7, 11) is 0. The standard InChI is InChI=1S/C18H36N4O3/c19-18(16-22-7-13-25-14-8-22)17(15-21-5-11-24-12-6-21)1-2-20-3-9-23-10-4-20/h17-18H,1-16,19H2. The third-order valence-electron chi connectivity index (χ3n) is 5.69. The number of ether oxygens (including phenoxy) is 3. The molecule has 0 bridgehead atoms. The topological polar surface area (TPSA) is 63.4 Å². The van der Waals surface area contributed by atoms with E-state index >= 15 is 0 Å². The van der Waals surface area contributed by atoms with Gasteiger partial charge in [0.05, 0.1) is 39.6 Å². The van der Waals surface area contributed by atoms with Crippen molar-refractivity contribution in [3.63, 3.8) is 0 Å². The minimum Gasteiger partial charge on any atom is -0.379 e. The molecule has 2 unspecified atom stereocenters. The maximum Gasteiger partial charge on any atom is 0.0594 e. The van der Waals surface area contributed by atoms with Gasteiger partial charge in [-0.25, -0.2) is 0 Å². The van der Waals surface area contributed by atoms with Crippen LogP contribution in [0.5, 0.6) is 0 Å². The van der Waals surface area contributed by atoms with Crippen LogP contribution < -0.4 is 5.73 Å². The molecule has 3 rings (SSSR count). The van der Waals surface area contributed by atoms with Crippen molar-refractivity contribution in [3.05, 3.63) is 0 Å². The molecule has 0 aliphatic carbocycles. The molecule has 25 heavy (non-hydrogen) atoms. The summed E-state index contributed by atoms with van der Waals surface area (Å²) in [6, 6.07) is 0.224. The average Bonchev–Trinajstić information content (AvgIpc) is 2.67. The molecule has 0 radical (unpaired) electrons. The molecule has 0 aromatic rings. The van der Waals surface area contributed by atoms with Crippen molar-refractivity contribution < 1.29 is 14.2 Å². The molecule has 3 aliphatic heterocycles. The van der Waals surface area contributed by atoms with Gasteiger partial charge >= 0.3 is 0 Å². The zero-order valence-electron chi connectivity index (χ0n) is 15.6. The Hall–Kier alpha value is -0.280. The van der Waals surface area contributed by atoms with Crippen LogP contribution in [0.3, 0.4) is 0 Å². The van der Waals surface area contributed by atoms with Crippen LogP contribution in [0.2, 0.25) is 0 Å². The fraction of sp³-hybridized carbons (Fsp3) is 1.00. The second-order valence-corrected chi connectivity index (χ2v) is 7.49. The van der Waals surface area contributed by atoms with Crippen LogP contribution in [0.1, 0.15) is 6.42 Å². The van der Waals surface area contributed by atoms with Crippen LogP contribution in [-0.2, 0) is 14.2 Å². The predicted molar refractivity (Wildman–Crippen MR) is 97.9 cm³/mol. The van der Waals surface area contributed by atoms with E-state index in [1.807, 2.05) is 0 Å². The van der Waals surface area contributed by atoms with E-state index in [2.05, 4.69) is 14.7 Å². The van der Waals surface area contributed by atoms with Gasteiger partial charge in [-0.1, -0.05) is 0 Å². The summed E-state index contributed by atoms with van der Waals surface area (Å²) in [6.45, 7) is 14.6. The van der Waals surface area contributed by atoms with Crippen molar-refractivity contribution in [1.29, 1.82) is 0 Å². The van der Waals surface area contributed by atoms with Gasteiger partial charge in [0.1, 0.15) is 0 Å². The maximum atomic E-state index is 6.70. The summed E-state index contributed by atoms with van der Waals surface area (Å²) in [5.41, 5.74) is 6.70. The van der Waals surface area contributed by atoms with E-state index in [-0.39, 0.29) is 6.04 Å². The zero-order valence-corrected chi connectivity index (χ0v) is 15.6. The number of nitrogens with two attached hydrogens (primary N) is 1. The van der Waals surface area contributed by atoms with E-state index in [1.165, 1.54) is 6.42 Å². The van der Waals surface area contributed by atoms with Gasteiger partial charge in [-0.15, -0.1) is 0 Å². The highest BCUT2D eigenvalue weighted by molar-refractivity contribution is 4.82. The number of hydrogen-bond acceptors (Lipinski definition) is 7. The molecule has 3 saturated heterocycles. The molecule has 0 aromatic carbocycles. The fourth-order valence-corrected chi connectivity index (χ4v) is 3.96. The summed E-state index contributed by atoms with van der Waals surface area (Å²) >= 11 is 0. The molecule has 0 aromatic heterocycles. The van der Waals surface area contributed by atoms with Gasteiger partial charge in [0, 0.05) is 58.4 Å². The summed E-state index contributed by atoms with van der Waals surface area (Å²) in [5, 5.41) is 0. The largest absolute Gasteiger partial charge is 0.379 e. The van der Waals surface area contributed by atoms with Crippen molar-refractivity contribution in [2.24, 2.45) is 11.7 Å². The molecule has 2 atom stereocenters. The molecule has 7 nitrogen and oxygen atoms in total. The molecule has 2 N–H and O–H groups in total. The lowest BCUT2D eigenvalue weighted by Crippen LogP contribution is -2.51. The third-order valence-corrected chi connectivity index (χ3v) is 5.69. The Balaban J connectivity index is 1.49. The molecule has 0 amide bonds. The highest BCUT2D eigenvalue weighted by atomic mass is 16.5. The number of morpholine rings is 3. The molecule has 3 aliphatic rings. The first-order valence-electron chi connectivity index (χ1n) is 9.97. The molecular formula is C18H36N4O3. The summed E-state index contributed by atoms with van der Waals surface area (Å²) < 4.78 is 16.4. The van der Waals surface area contributed by atoms with Gasteiger partial charge in [-0.2, -0.15) is 0 Å². The second-order valence-electron chi connectivity index (χ2n) is 7.49. The highest BCUT2D eigenvalue weighted by Gasteiger charge is 2.25. The van der Waals surface area contributed by atoms with Gasteiger partial charge in [0.15, 0.2) is 0 Å². The predicted octanol–water partition coefficient (Wildman–Crippen LogP) is -0.683. The SMILES string of the molecule is NC(CN1CCOCC1)C(CCN1CCOCC1)CN1CCOCC1. The van der Waals surface area contributed by atoms with Gasteiger partial charge < -0.3 is 19.9 Å². The van der Waals surface area contributed by atoms with E-state index in [1.54, 1.807) is 0 Å². The summed E-state index contributed by atoms with van der Waals surface area (Å²) in [6.07, 6.45) is 1.17. The van der Waals surface area contributed by atoms with E-state index in [4.69, 9.17) is 19.9 Å². The first kappa shape index (κ1) is 19.5. The van der Waals surface area contributed by atoms with Crippen molar-refractivity contribution in [3.8, 4) is 0 Å². The van der Waals surface area contributed by atoms with Crippen molar-refractivity contribution in [2.75, 3.05) is 98.5 Å². The van der Waals surface area contributed by atoms with Crippen molar-refractivity contribution >= 4 is 0 Å². The first-order chi connectivity index (χ1) is 12.3. The lowest BCUT2D eigenvalue weighted by atomic mass is 9.94. The van der Waals surface area contributed by atoms with Crippen LogP contribution in [0, 0.1) is 5.92 Å². The van der Waals surface area contributed by atoms with E-state index in [0.717, 1.165) is 98.5 Å². The Bertz CT molecular complexity index is 356. The second kappa shape index (κ2) is 10.8. The normalized spacial score (nSPS) is 27.2. The first-order valence-corrected chi connectivity index (χ1v) is 9.97. The monoisotopic (exact) mass is 356 g/mol. The Kier molecular flexibility index (Phi) is 8.39. The molecule has 7 heteroatoms. The number of hydrogen-bond donors (Lipinski definition) is 1. The third kappa shape index (κ3) is 6.75. The average molecular weight is 357 g/mol. The lowest BCUT2D eigenvalue weighted by molar-refractivity contribution is 0.0125. The molecule has 0 saturated carbocycles. The fourth-order valence-electron chi connectivity index (χ4n) is 3.96. The van der Waals surface area contributed by atoms with E-state index in [0.29, 0.717) is 5.92 Å². The minimum atomic E-state index is 0.224. The van der Waals surface area contributed by atoms with Crippen molar-refractivity contribution in [2.45, 2.75) is 12.5 Å². The Morgan fingerprint density at radius 3 is 1.60 bits per heavy atom. The smallest absolute Gasteiger partial charge is 0.0594 e. The quantitative estimate of drug-likeness (QED) is 0.618. The summed E-state index contributed by atoms with van der Waals surface area (Å²) in [4.78, 5) is 7.53. The van der Waals surface area contributed by atoms with Gasteiger partial charge in [-0.05, 0) is 18.9 Å². The van der Waals surface area contributed by atoms with Gasteiger partial charge in [0.25, 0.3) is 0 Å². The van der Waals surface area contributed by atoms with Crippen molar-refractivity contribution in [1.82, 2.24) is 14.7 Å². The maximum absolute atomic E-state index is 6.70. The van der Waals surface area contributed by atoms with E-state index in [9.17, 15) is 0 Å². The Morgan fingerprint density at radius 1 is 0.640 bits per heavy atom. The van der Waals surface area contributed by atoms with Crippen LogP contribution in [0.4, 0.5) is 0 Å². The molecule has 3 fully saturated rings. The van der Waals surface area contributed by atoms with Gasteiger partial charge in [-0.3, -0.25) is 14.7 Å². The van der Waals surface area contributed by atoms with Gasteiger partial charge in [0.2, 0.25) is 0 Å². The molecule has 3 heterocycles. The van der Waals surface area contributed by atoms with Crippen LogP contribution >= 0.6 is 0 Å². The zero-order chi connectivity index (χ0) is 17.3. The molecule has 146 valence electrons. The van der Waals surface area contributed by atoms with Crippen LogP contribution in [0.25, 0.3) is 0 Å². The summed E-state index contributed by atoms with van der Waals surface area (Å²) in [5.74, 6) is 0.531. The number of rotatable bonds is 8. The number of nitrogens with zero attached hydrogens (tertiary/aromatic N) is 3. The van der Waals surface area contributed by atoms with Crippen LogP contribution in [-0.4, -0.2) is 119 Å². The van der Waals surface area contributed by atoms with Crippen LogP contribution in [0.15, 0.2) is 0 Å². The van der Waals surface area contributed by atoms with E-state index < -0.39 is 0 Å². The Labute approximate surface area is 152 Å². The minimum absolute atomic E-state index is 0.224. The Morgan fingerprint density at radius 2 is 1.08 bits per heavy atom.